The summed E-state index contributed by atoms with van der Waals surface area (Å²) < 4.78 is 44.2. The highest BCUT2D eigenvalue weighted by atomic mass is 19.4. The van der Waals surface area contributed by atoms with Crippen molar-refractivity contribution in [3.63, 3.8) is 0 Å². The molecule has 2 heterocycles. The van der Waals surface area contributed by atoms with Crippen LogP contribution in [0, 0.1) is 6.92 Å². The lowest BCUT2D eigenvalue weighted by atomic mass is 10.1. The van der Waals surface area contributed by atoms with E-state index in [2.05, 4.69) is 22.1 Å². The minimum atomic E-state index is -4.38. The van der Waals surface area contributed by atoms with Gasteiger partial charge in [-0.2, -0.15) is 13.2 Å². The monoisotopic (exact) mass is 339 g/mol. The average Bonchev–Trinajstić information content (AvgIpc) is 2.90. The highest BCUT2D eigenvalue weighted by Crippen LogP contribution is 2.32. The highest BCUT2D eigenvalue weighted by molar-refractivity contribution is 5.55. The maximum Gasteiger partial charge on any atom is 0.416 e. The Balaban J connectivity index is 1.84. The largest absolute Gasteiger partial charge is 0.441 e. The molecule has 24 heavy (non-hydrogen) atoms. The second-order valence-electron chi connectivity index (χ2n) is 6.12. The van der Waals surface area contributed by atoms with Gasteiger partial charge in [0.1, 0.15) is 5.76 Å². The van der Waals surface area contributed by atoms with Gasteiger partial charge in [0, 0.05) is 37.8 Å². The lowest BCUT2D eigenvalue weighted by molar-refractivity contribution is -0.137. The predicted octanol–water partition coefficient (Wildman–Crippen LogP) is 3.46. The van der Waals surface area contributed by atoms with Crippen molar-refractivity contribution in [2.24, 2.45) is 0 Å². The standard InChI is InChI=1S/C17H20F3N3O/c1-11-9-21-6-7-23(11)10-15-12(2)24-16(22-15)13-4-3-5-14(8-13)17(18,19)20/h3-5,8,11,21H,6-7,9-10H2,1-2H3/t11-/m0/s1. The lowest BCUT2D eigenvalue weighted by Crippen LogP contribution is -2.49. The van der Waals surface area contributed by atoms with E-state index in [-0.39, 0.29) is 5.89 Å². The third-order valence-corrected chi connectivity index (χ3v) is 4.32. The van der Waals surface area contributed by atoms with Gasteiger partial charge in [-0.15, -0.1) is 0 Å². The van der Waals surface area contributed by atoms with Gasteiger partial charge in [0.25, 0.3) is 0 Å². The summed E-state index contributed by atoms with van der Waals surface area (Å²) in [7, 11) is 0. The van der Waals surface area contributed by atoms with Crippen molar-refractivity contribution in [3.05, 3.63) is 41.3 Å². The fourth-order valence-corrected chi connectivity index (χ4v) is 2.84. The van der Waals surface area contributed by atoms with Crippen LogP contribution >= 0.6 is 0 Å². The summed E-state index contributed by atoms with van der Waals surface area (Å²) in [4.78, 5) is 6.72. The van der Waals surface area contributed by atoms with E-state index < -0.39 is 11.7 Å². The molecule has 130 valence electrons. The Labute approximate surface area is 138 Å². The Kier molecular flexibility index (Phi) is 4.64. The molecular formula is C17H20F3N3O. The Morgan fingerprint density at radius 2 is 2.17 bits per heavy atom. The van der Waals surface area contributed by atoms with Crippen LogP contribution in [0.25, 0.3) is 11.5 Å². The quantitative estimate of drug-likeness (QED) is 0.930. The Hall–Kier alpha value is -1.86. The SMILES string of the molecule is Cc1oc(-c2cccc(C(F)(F)F)c2)nc1CN1CCNC[C@@H]1C. The predicted molar refractivity (Wildman–Crippen MR) is 84.4 cm³/mol. The summed E-state index contributed by atoms with van der Waals surface area (Å²) in [6.45, 7) is 7.31. The summed E-state index contributed by atoms with van der Waals surface area (Å²) in [6, 6.07) is 5.45. The molecule has 1 aromatic heterocycles. The minimum absolute atomic E-state index is 0.233. The van der Waals surface area contributed by atoms with Crippen LogP contribution in [0.1, 0.15) is 23.9 Å². The fourth-order valence-electron chi connectivity index (χ4n) is 2.84. The van der Waals surface area contributed by atoms with Crippen molar-refractivity contribution in [1.29, 1.82) is 0 Å². The molecule has 0 saturated carbocycles. The van der Waals surface area contributed by atoms with Crippen LogP contribution in [0.3, 0.4) is 0 Å². The minimum Gasteiger partial charge on any atom is -0.441 e. The van der Waals surface area contributed by atoms with Gasteiger partial charge in [0.15, 0.2) is 0 Å². The molecule has 1 aromatic carbocycles. The number of benzene rings is 1. The molecule has 0 radical (unpaired) electrons. The van der Waals surface area contributed by atoms with Crippen molar-refractivity contribution in [2.75, 3.05) is 19.6 Å². The average molecular weight is 339 g/mol. The van der Waals surface area contributed by atoms with Crippen molar-refractivity contribution < 1.29 is 17.6 Å². The molecule has 1 aliphatic rings. The number of nitrogens with one attached hydrogen (secondary N) is 1. The smallest absolute Gasteiger partial charge is 0.416 e. The molecule has 0 amide bonds. The number of halogens is 3. The molecule has 0 bridgehead atoms. The van der Waals surface area contributed by atoms with E-state index in [1.165, 1.54) is 6.07 Å². The van der Waals surface area contributed by atoms with Gasteiger partial charge in [0.05, 0.1) is 11.3 Å². The van der Waals surface area contributed by atoms with Gasteiger partial charge in [-0.25, -0.2) is 4.98 Å². The van der Waals surface area contributed by atoms with Gasteiger partial charge in [-0.1, -0.05) is 6.07 Å². The number of hydrogen-bond donors (Lipinski definition) is 1. The molecule has 1 atom stereocenters. The van der Waals surface area contributed by atoms with Crippen LogP contribution in [-0.4, -0.2) is 35.6 Å². The van der Waals surface area contributed by atoms with Crippen LogP contribution in [0.4, 0.5) is 13.2 Å². The topological polar surface area (TPSA) is 41.3 Å². The molecule has 1 fully saturated rings. The van der Waals surface area contributed by atoms with E-state index in [1.54, 1.807) is 13.0 Å². The van der Waals surface area contributed by atoms with Gasteiger partial charge in [-0.05, 0) is 32.0 Å². The molecule has 1 N–H and O–H groups in total. The molecule has 4 nitrogen and oxygen atoms in total. The summed E-state index contributed by atoms with van der Waals surface area (Å²) in [5, 5.41) is 3.32. The Morgan fingerprint density at radius 3 is 2.88 bits per heavy atom. The zero-order valence-corrected chi connectivity index (χ0v) is 13.7. The third kappa shape index (κ3) is 3.62. The molecular weight excluding hydrogens is 319 g/mol. The van der Waals surface area contributed by atoms with Gasteiger partial charge in [-0.3, -0.25) is 4.90 Å². The molecule has 0 aliphatic carbocycles. The van der Waals surface area contributed by atoms with Crippen molar-refractivity contribution in [1.82, 2.24) is 15.2 Å². The number of oxazole rings is 1. The van der Waals surface area contributed by atoms with Crippen LogP contribution in [0.2, 0.25) is 0 Å². The summed E-state index contributed by atoms with van der Waals surface area (Å²) in [6.07, 6.45) is -4.38. The number of aryl methyl sites for hydroxylation is 1. The molecule has 3 rings (SSSR count). The summed E-state index contributed by atoms with van der Waals surface area (Å²) in [5.41, 5.74) is 0.414. The van der Waals surface area contributed by atoms with E-state index in [9.17, 15) is 13.2 Å². The first-order valence-corrected chi connectivity index (χ1v) is 7.93. The molecule has 1 aliphatic heterocycles. The highest BCUT2D eigenvalue weighted by Gasteiger charge is 2.31. The molecule has 1 saturated heterocycles. The second kappa shape index (κ2) is 6.57. The number of hydrogen-bond acceptors (Lipinski definition) is 4. The van der Waals surface area contributed by atoms with Crippen molar-refractivity contribution in [2.45, 2.75) is 32.6 Å². The van der Waals surface area contributed by atoms with Gasteiger partial charge >= 0.3 is 6.18 Å². The number of rotatable bonds is 3. The zero-order valence-electron chi connectivity index (χ0n) is 13.7. The van der Waals surface area contributed by atoms with Gasteiger partial charge < -0.3 is 9.73 Å². The number of piperazine rings is 1. The Morgan fingerprint density at radius 1 is 1.38 bits per heavy atom. The number of nitrogens with zero attached hydrogens (tertiary/aromatic N) is 2. The summed E-state index contributed by atoms with van der Waals surface area (Å²) >= 11 is 0. The third-order valence-electron chi connectivity index (χ3n) is 4.32. The van der Waals surface area contributed by atoms with E-state index in [0.717, 1.165) is 37.5 Å². The molecule has 2 aromatic rings. The second-order valence-corrected chi connectivity index (χ2v) is 6.12. The van der Waals surface area contributed by atoms with E-state index in [4.69, 9.17) is 4.42 Å². The first-order valence-electron chi connectivity index (χ1n) is 7.93. The molecule has 7 heteroatoms. The normalized spacial score (nSPS) is 19.6. The van der Waals surface area contributed by atoms with Crippen LogP contribution in [-0.2, 0) is 12.7 Å². The van der Waals surface area contributed by atoms with Crippen molar-refractivity contribution >= 4 is 0 Å². The number of alkyl halides is 3. The van der Waals surface area contributed by atoms with E-state index >= 15 is 0 Å². The first-order chi connectivity index (χ1) is 11.3. The van der Waals surface area contributed by atoms with Crippen LogP contribution in [0.15, 0.2) is 28.7 Å². The molecule has 0 spiro atoms. The number of aromatic nitrogens is 1. The molecule has 0 unspecified atom stereocenters. The van der Waals surface area contributed by atoms with Crippen LogP contribution in [0.5, 0.6) is 0 Å². The Bertz CT molecular complexity index is 711. The lowest BCUT2D eigenvalue weighted by Gasteiger charge is -2.33. The fraction of sp³-hybridized carbons (Fsp3) is 0.471. The zero-order chi connectivity index (χ0) is 17.3. The first kappa shape index (κ1) is 17.0. The van der Waals surface area contributed by atoms with E-state index in [1.807, 2.05) is 0 Å². The maximum absolute atomic E-state index is 12.9. The van der Waals surface area contributed by atoms with Gasteiger partial charge in [0.2, 0.25) is 5.89 Å². The van der Waals surface area contributed by atoms with E-state index in [0.29, 0.717) is 23.9 Å². The van der Waals surface area contributed by atoms with Crippen molar-refractivity contribution in [3.8, 4) is 11.5 Å². The maximum atomic E-state index is 12.9. The van der Waals surface area contributed by atoms with Crippen LogP contribution < -0.4 is 5.32 Å². The summed E-state index contributed by atoms with van der Waals surface area (Å²) in [5.74, 6) is 0.879.